The van der Waals surface area contributed by atoms with E-state index in [2.05, 4.69) is 9.97 Å². The maximum atomic E-state index is 14.0. The normalized spacial score (nSPS) is 10.4. The number of pyridine rings is 1. The lowest BCUT2D eigenvalue weighted by molar-refractivity contribution is -0.115. The fraction of sp³-hybridized carbons (Fsp3) is 0.111. The molecular formula is C18H14FN3O3S. The predicted octanol–water partition coefficient (Wildman–Crippen LogP) is 3.72. The molecule has 0 spiro atoms. The van der Waals surface area contributed by atoms with E-state index in [0.29, 0.717) is 16.4 Å². The summed E-state index contributed by atoms with van der Waals surface area (Å²) in [7, 11) is 0. The fourth-order valence-corrected chi connectivity index (χ4v) is 3.08. The smallest absolute Gasteiger partial charge is 0.338 e. The molecule has 132 valence electrons. The summed E-state index contributed by atoms with van der Waals surface area (Å²) in [5.41, 5.74) is 0.969. The summed E-state index contributed by atoms with van der Waals surface area (Å²) < 4.78 is 19.2. The lowest BCUT2D eigenvalue weighted by Crippen LogP contribution is -2.23. The van der Waals surface area contributed by atoms with E-state index in [9.17, 15) is 14.0 Å². The number of aromatic nitrogens is 2. The maximum absolute atomic E-state index is 14.0. The van der Waals surface area contributed by atoms with E-state index in [1.807, 2.05) is 0 Å². The second-order valence-corrected chi connectivity index (χ2v) is 6.08. The highest BCUT2D eigenvalue weighted by atomic mass is 32.1. The predicted molar refractivity (Wildman–Crippen MR) is 94.7 cm³/mol. The highest BCUT2D eigenvalue weighted by Gasteiger charge is 2.21. The third-order valence-electron chi connectivity index (χ3n) is 3.41. The summed E-state index contributed by atoms with van der Waals surface area (Å²) in [6.07, 6.45) is 2.99. The van der Waals surface area contributed by atoms with E-state index in [4.69, 9.17) is 4.74 Å². The van der Waals surface area contributed by atoms with Crippen LogP contribution in [-0.2, 0) is 16.1 Å². The number of hydrogen-bond donors (Lipinski definition) is 0. The molecule has 0 radical (unpaired) electrons. The van der Waals surface area contributed by atoms with Gasteiger partial charge in [0, 0.05) is 24.7 Å². The SMILES string of the molecule is CC(=O)N(c1nc(COC(=O)c2ccncc2)cs1)c1ccccc1F. The molecule has 0 aliphatic carbocycles. The zero-order valence-corrected chi connectivity index (χ0v) is 14.6. The first-order valence-electron chi connectivity index (χ1n) is 7.63. The van der Waals surface area contributed by atoms with Gasteiger partial charge in [-0.05, 0) is 24.3 Å². The molecule has 6 nitrogen and oxygen atoms in total. The Morgan fingerprint density at radius 3 is 2.62 bits per heavy atom. The average molecular weight is 371 g/mol. The van der Waals surface area contributed by atoms with E-state index < -0.39 is 11.8 Å². The molecule has 1 amide bonds. The van der Waals surface area contributed by atoms with Crippen LogP contribution in [0.2, 0.25) is 0 Å². The third-order valence-corrected chi connectivity index (χ3v) is 4.28. The summed E-state index contributed by atoms with van der Waals surface area (Å²) >= 11 is 1.16. The number of rotatable bonds is 5. The van der Waals surface area contributed by atoms with Gasteiger partial charge in [0.2, 0.25) is 5.91 Å². The van der Waals surface area contributed by atoms with Crippen molar-refractivity contribution in [3.8, 4) is 0 Å². The van der Waals surface area contributed by atoms with Gasteiger partial charge in [0.25, 0.3) is 0 Å². The van der Waals surface area contributed by atoms with Crippen LogP contribution in [0.15, 0.2) is 54.2 Å². The quantitative estimate of drug-likeness (QED) is 0.639. The Labute approximate surface area is 152 Å². The summed E-state index contributed by atoms with van der Waals surface area (Å²) in [6.45, 7) is 1.28. The number of carbonyl (C=O) groups excluding carboxylic acids is 2. The van der Waals surface area contributed by atoms with Crippen LogP contribution in [0.1, 0.15) is 23.0 Å². The lowest BCUT2D eigenvalue weighted by atomic mass is 10.3. The number of anilines is 2. The number of halogens is 1. The molecule has 0 atom stereocenters. The first-order chi connectivity index (χ1) is 12.6. The Bertz CT molecular complexity index is 930. The standard InChI is InChI=1S/C18H14FN3O3S/c1-12(23)22(16-5-3-2-4-15(16)19)18-21-14(11-26-18)10-25-17(24)13-6-8-20-9-7-13/h2-9,11H,10H2,1H3. The van der Waals surface area contributed by atoms with Crippen molar-refractivity contribution in [2.45, 2.75) is 13.5 Å². The number of benzene rings is 1. The van der Waals surface area contributed by atoms with Crippen molar-refractivity contribution in [1.82, 2.24) is 9.97 Å². The van der Waals surface area contributed by atoms with Crippen molar-refractivity contribution in [3.63, 3.8) is 0 Å². The topological polar surface area (TPSA) is 72.4 Å². The Morgan fingerprint density at radius 1 is 1.19 bits per heavy atom. The van der Waals surface area contributed by atoms with Gasteiger partial charge in [-0.1, -0.05) is 12.1 Å². The number of esters is 1. The molecule has 8 heteroatoms. The summed E-state index contributed by atoms with van der Waals surface area (Å²) in [5.74, 6) is -1.40. The van der Waals surface area contributed by atoms with Gasteiger partial charge >= 0.3 is 5.97 Å². The van der Waals surface area contributed by atoms with Gasteiger partial charge in [0.05, 0.1) is 16.9 Å². The van der Waals surface area contributed by atoms with Crippen molar-refractivity contribution in [1.29, 1.82) is 0 Å². The molecule has 0 N–H and O–H groups in total. The molecule has 3 aromatic rings. The molecular weight excluding hydrogens is 357 g/mol. The van der Waals surface area contributed by atoms with Crippen LogP contribution in [0, 0.1) is 5.82 Å². The Hall–Kier alpha value is -3.13. The number of carbonyl (C=O) groups is 2. The molecule has 1 aromatic carbocycles. The molecule has 0 aliphatic rings. The van der Waals surface area contributed by atoms with Crippen LogP contribution in [0.4, 0.5) is 15.2 Å². The zero-order valence-electron chi connectivity index (χ0n) is 13.8. The number of para-hydroxylation sites is 1. The Morgan fingerprint density at radius 2 is 1.92 bits per heavy atom. The first kappa shape index (κ1) is 17.7. The van der Waals surface area contributed by atoms with Gasteiger partial charge < -0.3 is 4.74 Å². The highest BCUT2D eigenvalue weighted by Crippen LogP contribution is 2.30. The number of hydrogen-bond acceptors (Lipinski definition) is 6. The molecule has 2 heterocycles. The minimum absolute atomic E-state index is 0.0549. The lowest BCUT2D eigenvalue weighted by Gasteiger charge is -2.18. The molecule has 26 heavy (non-hydrogen) atoms. The number of thiazole rings is 1. The van der Waals surface area contributed by atoms with Crippen LogP contribution in [0.25, 0.3) is 0 Å². The molecule has 3 rings (SSSR count). The maximum Gasteiger partial charge on any atom is 0.338 e. The molecule has 0 bridgehead atoms. The van der Waals surface area contributed by atoms with Gasteiger partial charge in [-0.25, -0.2) is 14.2 Å². The van der Waals surface area contributed by atoms with Crippen LogP contribution >= 0.6 is 11.3 Å². The third kappa shape index (κ3) is 3.92. The van der Waals surface area contributed by atoms with Crippen LogP contribution in [0.5, 0.6) is 0 Å². The summed E-state index contributed by atoms with van der Waals surface area (Å²) in [4.78, 5) is 33.2. The molecule has 0 saturated heterocycles. The zero-order chi connectivity index (χ0) is 18.5. The summed E-state index contributed by atoms with van der Waals surface area (Å²) in [6, 6.07) is 9.05. The average Bonchev–Trinajstić information content (AvgIpc) is 3.10. The second-order valence-electron chi connectivity index (χ2n) is 5.24. The molecule has 0 aliphatic heterocycles. The van der Waals surface area contributed by atoms with Gasteiger partial charge in [0.1, 0.15) is 12.4 Å². The van der Waals surface area contributed by atoms with Gasteiger partial charge in [-0.15, -0.1) is 11.3 Å². The highest BCUT2D eigenvalue weighted by molar-refractivity contribution is 7.14. The molecule has 2 aromatic heterocycles. The van der Waals surface area contributed by atoms with E-state index in [-0.39, 0.29) is 18.2 Å². The van der Waals surface area contributed by atoms with Crippen molar-refractivity contribution in [2.24, 2.45) is 0 Å². The Kier molecular flexibility index (Phi) is 5.33. The summed E-state index contributed by atoms with van der Waals surface area (Å²) in [5, 5.41) is 1.96. The van der Waals surface area contributed by atoms with Crippen LogP contribution in [0.3, 0.4) is 0 Å². The van der Waals surface area contributed by atoms with Crippen LogP contribution in [-0.4, -0.2) is 21.8 Å². The van der Waals surface area contributed by atoms with Crippen molar-refractivity contribution in [3.05, 3.63) is 71.2 Å². The van der Waals surface area contributed by atoms with Crippen molar-refractivity contribution >= 4 is 34.0 Å². The number of ether oxygens (including phenoxy) is 1. The van der Waals surface area contributed by atoms with Crippen LogP contribution < -0.4 is 4.90 Å². The number of amides is 1. The number of nitrogens with zero attached hydrogens (tertiary/aromatic N) is 3. The van der Waals surface area contributed by atoms with E-state index >= 15 is 0 Å². The van der Waals surface area contributed by atoms with E-state index in [0.717, 1.165) is 11.3 Å². The first-order valence-corrected chi connectivity index (χ1v) is 8.51. The monoisotopic (exact) mass is 371 g/mol. The van der Waals surface area contributed by atoms with Gasteiger partial charge in [-0.3, -0.25) is 14.7 Å². The molecule has 0 saturated carbocycles. The van der Waals surface area contributed by atoms with E-state index in [1.54, 1.807) is 29.6 Å². The van der Waals surface area contributed by atoms with Gasteiger partial charge in [-0.2, -0.15) is 0 Å². The second kappa shape index (κ2) is 7.83. The van der Waals surface area contributed by atoms with Crippen molar-refractivity contribution in [2.75, 3.05) is 4.90 Å². The molecule has 0 fully saturated rings. The molecule has 0 unspecified atom stereocenters. The largest absolute Gasteiger partial charge is 0.456 e. The van der Waals surface area contributed by atoms with Gasteiger partial charge in [0.15, 0.2) is 5.13 Å². The fourth-order valence-electron chi connectivity index (χ4n) is 2.22. The minimum atomic E-state index is -0.524. The minimum Gasteiger partial charge on any atom is -0.456 e. The van der Waals surface area contributed by atoms with Crippen molar-refractivity contribution < 1.29 is 18.7 Å². The Balaban J connectivity index is 1.75. The van der Waals surface area contributed by atoms with E-state index in [1.165, 1.54) is 36.4 Å².